The number of morpholine rings is 1. The largest absolute Gasteiger partial charge is 0.493 e. The number of ether oxygens (including phenoxy) is 3. The van der Waals surface area contributed by atoms with Crippen molar-refractivity contribution < 1.29 is 29.2 Å². The van der Waals surface area contributed by atoms with Gasteiger partial charge in [-0.15, -0.1) is 0 Å². The first-order valence-corrected chi connectivity index (χ1v) is 10.9. The standard InChI is InChI=1S/C22H35N3O6/c1-16(26)23-19-12-18(27)14-25(15-20(19)28)13-17-3-4-21(22(11-17)29-2)31-10-7-24-5-8-30-9-6-24/h3-4,11,18-20,27-28H,5-10,12-15H2,1-2H3,(H,23,26)/t18-,19-,20-/m1/s1. The summed E-state index contributed by atoms with van der Waals surface area (Å²) in [5.74, 6) is 1.14. The van der Waals surface area contributed by atoms with Crippen LogP contribution in [0.25, 0.3) is 0 Å². The third kappa shape index (κ3) is 7.33. The molecule has 0 radical (unpaired) electrons. The van der Waals surface area contributed by atoms with E-state index in [2.05, 4.69) is 10.2 Å². The number of aliphatic hydroxyl groups excluding tert-OH is 2. The second-order valence-corrected chi connectivity index (χ2v) is 8.25. The minimum atomic E-state index is -0.745. The third-order valence-electron chi connectivity index (χ3n) is 5.70. The molecule has 1 aromatic rings. The number of aliphatic hydroxyl groups is 2. The van der Waals surface area contributed by atoms with E-state index in [1.165, 1.54) is 6.92 Å². The van der Waals surface area contributed by atoms with Crippen LogP contribution in [0.15, 0.2) is 18.2 Å². The van der Waals surface area contributed by atoms with Crippen molar-refractivity contribution in [1.82, 2.24) is 15.1 Å². The number of likely N-dealkylation sites (tertiary alicyclic amines) is 1. The van der Waals surface area contributed by atoms with Crippen LogP contribution in [0.3, 0.4) is 0 Å². The van der Waals surface area contributed by atoms with Crippen molar-refractivity contribution in [2.24, 2.45) is 0 Å². The van der Waals surface area contributed by atoms with Gasteiger partial charge in [-0.3, -0.25) is 14.6 Å². The average molecular weight is 438 g/mol. The first-order chi connectivity index (χ1) is 14.9. The number of hydrogen-bond donors (Lipinski definition) is 3. The van der Waals surface area contributed by atoms with E-state index in [-0.39, 0.29) is 5.91 Å². The van der Waals surface area contributed by atoms with Gasteiger partial charge in [-0.2, -0.15) is 0 Å². The van der Waals surface area contributed by atoms with E-state index >= 15 is 0 Å². The van der Waals surface area contributed by atoms with E-state index in [1.807, 2.05) is 23.1 Å². The Hall–Kier alpha value is -1.91. The number of nitrogens with zero attached hydrogens (tertiary/aromatic N) is 2. The van der Waals surface area contributed by atoms with E-state index < -0.39 is 18.2 Å². The molecule has 0 aromatic heterocycles. The molecule has 9 nitrogen and oxygen atoms in total. The van der Waals surface area contributed by atoms with Gasteiger partial charge in [-0.25, -0.2) is 0 Å². The van der Waals surface area contributed by atoms with Gasteiger partial charge in [-0.05, 0) is 24.1 Å². The van der Waals surface area contributed by atoms with Crippen LogP contribution in [0.5, 0.6) is 11.5 Å². The third-order valence-corrected chi connectivity index (χ3v) is 5.70. The highest BCUT2D eigenvalue weighted by Crippen LogP contribution is 2.29. The molecule has 0 spiro atoms. The lowest BCUT2D eigenvalue weighted by Crippen LogP contribution is -2.45. The summed E-state index contributed by atoms with van der Waals surface area (Å²) in [4.78, 5) is 15.7. The summed E-state index contributed by atoms with van der Waals surface area (Å²) in [7, 11) is 1.62. The number of rotatable bonds is 8. The summed E-state index contributed by atoms with van der Waals surface area (Å²) >= 11 is 0. The zero-order valence-electron chi connectivity index (χ0n) is 18.5. The summed E-state index contributed by atoms with van der Waals surface area (Å²) < 4.78 is 16.8. The zero-order valence-corrected chi connectivity index (χ0v) is 18.5. The second kappa shape index (κ2) is 11.6. The number of hydrogen-bond acceptors (Lipinski definition) is 8. The Morgan fingerprint density at radius 2 is 1.97 bits per heavy atom. The van der Waals surface area contributed by atoms with E-state index in [0.717, 1.165) is 38.4 Å². The molecule has 2 aliphatic heterocycles. The lowest BCUT2D eigenvalue weighted by molar-refractivity contribution is -0.120. The molecule has 3 atom stereocenters. The van der Waals surface area contributed by atoms with Crippen LogP contribution < -0.4 is 14.8 Å². The molecule has 3 N–H and O–H groups in total. The summed E-state index contributed by atoms with van der Waals surface area (Å²) in [5, 5.41) is 23.5. The van der Waals surface area contributed by atoms with Gasteiger partial charge in [0.1, 0.15) is 6.61 Å². The Bertz CT molecular complexity index is 712. The van der Waals surface area contributed by atoms with E-state index in [0.29, 0.717) is 44.2 Å². The molecular weight excluding hydrogens is 402 g/mol. The molecule has 0 saturated carbocycles. The molecular formula is C22H35N3O6. The van der Waals surface area contributed by atoms with Gasteiger partial charge in [0.05, 0.1) is 38.6 Å². The van der Waals surface area contributed by atoms with Gasteiger partial charge < -0.3 is 29.7 Å². The maximum Gasteiger partial charge on any atom is 0.217 e. The van der Waals surface area contributed by atoms with Crippen LogP contribution in [0.4, 0.5) is 0 Å². The number of methoxy groups -OCH3 is 1. The van der Waals surface area contributed by atoms with Crippen molar-refractivity contribution in [3.8, 4) is 11.5 Å². The second-order valence-electron chi connectivity index (χ2n) is 8.25. The summed E-state index contributed by atoms with van der Waals surface area (Å²) in [6.45, 7) is 7.55. The smallest absolute Gasteiger partial charge is 0.217 e. The van der Waals surface area contributed by atoms with E-state index in [9.17, 15) is 15.0 Å². The fraction of sp³-hybridized carbons (Fsp3) is 0.682. The normalized spacial score (nSPS) is 25.6. The zero-order chi connectivity index (χ0) is 22.2. The maximum atomic E-state index is 11.4. The van der Waals surface area contributed by atoms with Crippen LogP contribution in [-0.2, 0) is 16.1 Å². The predicted molar refractivity (Wildman–Crippen MR) is 115 cm³/mol. The lowest BCUT2D eigenvalue weighted by atomic mass is 10.1. The fourth-order valence-corrected chi connectivity index (χ4v) is 4.13. The molecule has 31 heavy (non-hydrogen) atoms. The highest BCUT2D eigenvalue weighted by Gasteiger charge is 2.30. The Kier molecular flexibility index (Phi) is 8.91. The molecule has 3 rings (SSSR count). The number of nitrogens with one attached hydrogen (secondary N) is 1. The van der Waals surface area contributed by atoms with E-state index in [4.69, 9.17) is 14.2 Å². The summed E-state index contributed by atoms with van der Waals surface area (Å²) in [6.07, 6.45) is -1.04. The van der Waals surface area contributed by atoms with E-state index in [1.54, 1.807) is 7.11 Å². The number of benzene rings is 1. The van der Waals surface area contributed by atoms with Crippen LogP contribution in [0, 0.1) is 0 Å². The Morgan fingerprint density at radius 3 is 2.68 bits per heavy atom. The Balaban J connectivity index is 1.56. The van der Waals surface area contributed by atoms with Crippen LogP contribution in [-0.4, -0.2) is 104 Å². The molecule has 2 saturated heterocycles. The van der Waals surface area contributed by atoms with Gasteiger partial charge in [0, 0.05) is 46.2 Å². The van der Waals surface area contributed by atoms with Gasteiger partial charge in [0.2, 0.25) is 5.91 Å². The highest BCUT2D eigenvalue weighted by atomic mass is 16.5. The van der Waals surface area contributed by atoms with Crippen molar-refractivity contribution in [3.05, 3.63) is 23.8 Å². The molecule has 1 aromatic carbocycles. The number of carbonyl (C=O) groups is 1. The number of amides is 1. The van der Waals surface area contributed by atoms with Crippen molar-refractivity contribution in [2.45, 2.75) is 38.1 Å². The minimum absolute atomic E-state index is 0.210. The minimum Gasteiger partial charge on any atom is -0.493 e. The molecule has 9 heteroatoms. The molecule has 1 amide bonds. The molecule has 0 aliphatic carbocycles. The van der Waals surface area contributed by atoms with Crippen molar-refractivity contribution in [3.63, 3.8) is 0 Å². The lowest BCUT2D eigenvalue weighted by Gasteiger charge is -2.26. The van der Waals surface area contributed by atoms with Crippen molar-refractivity contribution in [2.75, 3.05) is 59.7 Å². The van der Waals surface area contributed by atoms with Gasteiger partial charge in [-0.1, -0.05) is 6.07 Å². The van der Waals surface area contributed by atoms with Gasteiger partial charge in [0.15, 0.2) is 11.5 Å². The first kappa shape index (κ1) is 23.7. The quantitative estimate of drug-likeness (QED) is 0.516. The fourth-order valence-electron chi connectivity index (χ4n) is 4.13. The molecule has 174 valence electrons. The number of carbonyl (C=O) groups excluding carboxylic acids is 1. The monoisotopic (exact) mass is 437 g/mol. The Morgan fingerprint density at radius 1 is 1.19 bits per heavy atom. The van der Waals surface area contributed by atoms with Crippen LogP contribution in [0.2, 0.25) is 0 Å². The molecule has 2 fully saturated rings. The average Bonchev–Trinajstić information content (AvgIpc) is 2.86. The molecule has 0 unspecified atom stereocenters. The predicted octanol–water partition coefficient (Wildman–Crippen LogP) is -0.162. The highest BCUT2D eigenvalue weighted by molar-refractivity contribution is 5.73. The summed E-state index contributed by atoms with van der Waals surface area (Å²) in [5.41, 5.74) is 0.995. The summed E-state index contributed by atoms with van der Waals surface area (Å²) in [6, 6.07) is 5.35. The molecule has 2 aliphatic rings. The van der Waals surface area contributed by atoms with Crippen molar-refractivity contribution >= 4 is 5.91 Å². The van der Waals surface area contributed by atoms with Gasteiger partial charge in [0.25, 0.3) is 0 Å². The van der Waals surface area contributed by atoms with Crippen molar-refractivity contribution in [1.29, 1.82) is 0 Å². The Labute approximate surface area is 183 Å². The molecule has 2 heterocycles. The maximum absolute atomic E-state index is 11.4. The number of β-amino-alcohol motifs (C(OH)–C–C–N with tert-alkyl or cyclic N) is 2. The van der Waals surface area contributed by atoms with Gasteiger partial charge >= 0.3 is 0 Å². The topological polar surface area (TPSA) is 104 Å². The SMILES string of the molecule is COc1cc(CN2C[C@H](O)C[C@@H](NC(C)=O)[C@H](O)C2)ccc1OCCN1CCOCC1. The molecule has 0 bridgehead atoms. The van der Waals surface area contributed by atoms with Crippen LogP contribution in [0.1, 0.15) is 18.9 Å². The first-order valence-electron chi connectivity index (χ1n) is 10.9. The van der Waals surface area contributed by atoms with Crippen LogP contribution >= 0.6 is 0 Å².